The highest BCUT2D eigenvalue weighted by atomic mass is 16.6. The molecular weight excluding hydrogens is 474 g/mol. The number of esters is 1. The number of methoxy groups -OCH3 is 1. The van der Waals surface area contributed by atoms with Crippen LogP contribution in [0.1, 0.15) is 85.4 Å². The van der Waals surface area contributed by atoms with E-state index in [1.807, 2.05) is 38.1 Å². The average Bonchev–Trinajstić information content (AvgIpc) is 2.82. The number of ether oxygens (including phenoxy) is 2. The number of amides is 3. The Labute approximate surface area is 221 Å². The van der Waals surface area contributed by atoms with Gasteiger partial charge >= 0.3 is 12.1 Å². The maximum Gasteiger partial charge on any atom is 0.408 e. The van der Waals surface area contributed by atoms with Gasteiger partial charge in [0.15, 0.2) is 0 Å². The predicted octanol–water partition coefficient (Wildman–Crippen LogP) is 4.15. The van der Waals surface area contributed by atoms with Crippen LogP contribution in [-0.2, 0) is 30.3 Å². The molecule has 9 heteroatoms. The van der Waals surface area contributed by atoms with Gasteiger partial charge in [-0.3, -0.25) is 14.4 Å². The van der Waals surface area contributed by atoms with E-state index in [4.69, 9.17) is 4.74 Å². The highest BCUT2D eigenvalue weighted by Gasteiger charge is 2.37. The summed E-state index contributed by atoms with van der Waals surface area (Å²) in [6, 6.07) is 5.16. The second-order valence-electron chi connectivity index (χ2n) is 10.7. The molecule has 2 N–H and O–H groups in total. The lowest BCUT2D eigenvalue weighted by Gasteiger charge is -2.38. The first-order valence-electron chi connectivity index (χ1n) is 12.9. The summed E-state index contributed by atoms with van der Waals surface area (Å²) in [4.78, 5) is 53.0. The summed E-state index contributed by atoms with van der Waals surface area (Å²) in [5.41, 5.74) is 0.964. The molecule has 3 atom stereocenters. The molecule has 208 valence electrons. The molecule has 37 heavy (non-hydrogen) atoms. The van der Waals surface area contributed by atoms with Crippen LogP contribution in [0.4, 0.5) is 4.79 Å². The topological polar surface area (TPSA) is 114 Å². The van der Waals surface area contributed by atoms with Gasteiger partial charge < -0.3 is 25.0 Å². The third-order valence-corrected chi connectivity index (χ3v) is 5.86. The van der Waals surface area contributed by atoms with E-state index < -0.39 is 41.6 Å². The lowest BCUT2D eigenvalue weighted by Crippen LogP contribution is -2.55. The number of hydrogen-bond donors (Lipinski definition) is 2. The van der Waals surface area contributed by atoms with E-state index in [0.717, 1.165) is 18.4 Å². The molecule has 0 spiro atoms. The quantitative estimate of drug-likeness (QED) is 0.401. The number of benzene rings is 1. The minimum Gasteiger partial charge on any atom is -0.468 e. The predicted molar refractivity (Wildman–Crippen MR) is 143 cm³/mol. The third kappa shape index (κ3) is 10.8. The van der Waals surface area contributed by atoms with E-state index in [2.05, 4.69) is 29.2 Å². The van der Waals surface area contributed by atoms with Crippen molar-refractivity contribution in [2.45, 2.75) is 98.4 Å². The zero-order chi connectivity index (χ0) is 28.3. The molecule has 9 nitrogen and oxygen atoms in total. The van der Waals surface area contributed by atoms with Gasteiger partial charge in [0, 0.05) is 6.04 Å². The summed E-state index contributed by atoms with van der Waals surface area (Å²) < 4.78 is 9.98. The van der Waals surface area contributed by atoms with Crippen molar-refractivity contribution in [2.75, 3.05) is 13.7 Å². The first-order chi connectivity index (χ1) is 17.2. The maximum atomic E-state index is 13.9. The van der Waals surface area contributed by atoms with Crippen LogP contribution in [0.3, 0.4) is 0 Å². The smallest absolute Gasteiger partial charge is 0.408 e. The van der Waals surface area contributed by atoms with E-state index in [1.165, 1.54) is 12.0 Å². The first kappa shape index (κ1) is 31.9. The van der Waals surface area contributed by atoms with Gasteiger partial charge in [0.05, 0.1) is 7.11 Å². The van der Waals surface area contributed by atoms with Crippen LogP contribution in [0.25, 0.3) is 0 Å². The Balaban J connectivity index is 3.45. The molecule has 0 saturated carbocycles. The first-order valence-corrected chi connectivity index (χ1v) is 12.9. The van der Waals surface area contributed by atoms with Crippen molar-refractivity contribution in [3.8, 4) is 0 Å². The number of aryl methyl sites for hydroxylation is 1. The van der Waals surface area contributed by atoms with Crippen molar-refractivity contribution in [2.24, 2.45) is 5.92 Å². The Hall–Kier alpha value is -3.10. The van der Waals surface area contributed by atoms with E-state index in [0.29, 0.717) is 17.9 Å². The van der Waals surface area contributed by atoms with Gasteiger partial charge in [-0.05, 0) is 70.9 Å². The Kier molecular flexibility index (Phi) is 12.6. The van der Waals surface area contributed by atoms with E-state index in [-0.39, 0.29) is 12.6 Å². The average molecular weight is 520 g/mol. The standard InChI is InChI=1S/C28H45N3O6/c1-10-21-13-15-22(16-14-21)24(25(33)29-17-23(32)36-9)31(19(4)12-11-18(2)3)26(34)20(5)30-27(35)37-28(6,7)8/h13-16,18-20,24H,10-12,17H2,1-9H3,(H,29,33)(H,30,35). The van der Waals surface area contributed by atoms with Crippen molar-refractivity contribution in [3.63, 3.8) is 0 Å². The molecule has 0 heterocycles. The Morgan fingerprint density at radius 3 is 2.05 bits per heavy atom. The van der Waals surface area contributed by atoms with Crippen molar-refractivity contribution < 1.29 is 28.7 Å². The van der Waals surface area contributed by atoms with Gasteiger partial charge in [-0.2, -0.15) is 0 Å². The van der Waals surface area contributed by atoms with Crippen molar-refractivity contribution in [3.05, 3.63) is 35.4 Å². The SMILES string of the molecule is CCc1ccc(C(C(=O)NCC(=O)OC)N(C(=O)C(C)NC(=O)OC(C)(C)C)C(C)CCC(C)C)cc1. The van der Waals surface area contributed by atoms with Crippen molar-refractivity contribution >= 4 is 23.9 Å². The normalized spacial score (nSPS) is 13.8. The summed E-state index contributed by atoms with van der Waals surface area (Å²) in [5.74, 6) is -1.14. The molecule has 1 aromatic rings. The van der Waals surface area contributed by atoms with Gasteiger partial charge in [0.25, 0.3) is 0 Å². The highest BCUT2D eigenvalue weighted by Crippen LogP contribution is 2.28. The zero-order valence-corrected chi connectivity index (χ0v) is 23.8. The van der Waals surface area contributed by atoms with E-state index >= 15 is 0 Å². The number of hydrogen-bond acceptors (Lipinski definition) is 6. The van der Waals surface area contributed by atoms with Crippen molar-refractivity contribution in [1.82, 2.24) is 15.5 Å². The van der Waals surface area contributed by atoms with E-state index in [9.17, 15) is 19.2 Å². The van der Waals surface area contributed by atoms with Gasteiger partial charge in [-0.15, -0.1) is 0 Å². The molecule has 0 fully saturated rings. The molecule has 0 radical (unpaired) electrons. The summed E-state index contributed by atoms with van der Waals surface area (Å²) >= 11 is 0. The van der Waals surface area contributed by atoms with Crippen LogP contribution in [0.15, 0.2) is 24.3 Å². The van der Waals surface area contributed by atoms with Crippen LogP contribution < -0.4 is 10.6 Å². The van der Waals surface area contributed by atoms with Crippen LogP contribution in [0.2, 0.25) is 0 Å². The van der Waals surface area contributed by atoms with Gasteiger partial charge in [0.2, 0.25) is 11.8 Å². The molecule has 0 aliphatic heterocycles. The van der Waals surface area contributed by atoms with Crippen molar-refractivity contribution in [1.29, 1.82) is 0 Å². The zero-order valence-electron chi connectivity index (χ0n) is 23.8. The molecule has 1 aromatic carbocycles. The number of carbonyl (C=O) groups is 4. The van der Waals surface area contributed by atoms with E-state index in [1.54, 1.807) is 27.7 Å². The lowest BCUT2D eigenvalue weighted by atomic mass is 9.96. The largest absolute Gasteiger partial charge is 0.468 e. The van der Waals surface area contributed by atoms with Crippen LogP contribution >= 0.6 is 0 Å². The molecule has 0 aromatic heterocycles. The molecule has 3 amide bonds. The summed E-state index contributed by atoms with van der Waals surface area (Å²) in [5, 5.41) is 5.21. The molecule has 0 aliphatic carbocycles. The molecule has 3 unspecified atom stereocenters. The van der Waals surface area contributed by atoms with Gasteiger partial charge in [-0.25, -0.2) is 4.79 Å². The third-order valence-electron chi connectivity index (χ3n) is 5.86. The minimum atomic E-state index is -1.02. The number of nitrogens with one attached hydrogen (secondary N) is 2. The summed E-state index contributed by atoms with van der Waals surface area (Å²) in [7, 11) is 1.24. The van der Waals surface area contributed by atoms with Crippen LogP contribution in [-0.4, -0.2) is 60.1 Å². The molecule has 0 aliphatic rings. The monoisotopic (exact) mass is 519 g/mol. The molecule has 0 bridgehead atoms. The lowest BCUT2D eigenvalue weighted by molar-refractivity contribution is -0.146. The van der Waals surface area contributed by atoms with Crippen LogP contribution in [0, 0.1) is 5.92 Å². The molecule has 1 rings (SSSR count). The number of alkyl carbamates (subject to hydrolysis) is 1. The second kappa shape index (κ2) is 14.6. The fraction of sp³-hybridized carbons (Fsp3) is 0.643. The molecular formula is C28H45N3O6. The van der Waals surface area contributed by atoms with Gasteiger partial charge in [-0.1, -0.05) is 45.0 Å². The fourth-order valence-corrected chi connectivity index (χ4v) is 3.78. The highest BCUT2D eigenvalue weighted by molar-refractivity contribution is 5.93. The molecule has 0 saturated heterocycles. The Morgan fingerprint density at radius 1 is 0.973 bits per heavy atom. The number of nitrogens with zero attached hydrogens (tertiary/aromatic N) is 1. The summed E-state index contributed by atoms with van der Waals surface area (Å²) in [6.07, 6.45) is 1.59. The maximum absolute atomic E-state index is 13.9. The Morgan fingerprint density at radius 2 is 1.57 bits per heavy atom. The van der Waals surface area contributed by atoms with Crippen LogP contribution in [0.5, 0.6) is 0 Å². The Bertz CT molecular complexity index is 907. The second-order valence-corrected chi connectivity index (χ2v) is 10.7. The fourth-order valence-electron chi connectivity index (χ4n) is 3.78. The number of rotatable bonds is 12. The number of carbonyl (C=O) groups excluding carboxylic acids is 4. The van der Waals surface area contributed by atoms with Gasteiger partial charge in [0.1, 0.15) is 24.2 Å². The summed E-state index contributed by atoms with van der Waals surface area (Å²) in [6.45, 7) is 14.6. The minimum absolute atomic E-state index is 0.326.